The highest BCUT2D eigenvalue weighted by Gasteiger charge is 2.49. The maximum Gasteiger partial charge on any atom is 0.0717 e. The standard InChI is InChI=1S/C10H17NO2/c1-8-3-10(7-12)4-9(13-2)6-11(10)5-8/h9,12H,1,3-7H2,2H3. The van der Waals surface area contributed by atoms with E-state index in [0.717, 1.165) is 25.9 Å². The molecule has 0 bridgehead atoms. The normalized spacial score (nSPS) is 39.8. The number of methoxy groups -OCH3 is 1. The lowest BCUT2D eigenvalue weighted by molar-refractivity contribution is 0.0951. The highest BCUT2D eigenvalue weighted by atomic mass is 16.5. The second-order valence-electron chi connectivity index (χ2n) is 4.25. The Labute approximate surface area is 79.0 Å². The van der Waals surface area contributed by atoms with E-state index in [1.807, 2.05) is 0 Å². The zero-order valence-electron chi connectivity index (χ0n) is 8.12. The number of nitrogens with zero attached hydrogens (tertiary/aromatic N) is 1. The number of hydrogen-bond acceptors (Lipinski definition) is 3. The summed E-state index contributed by atoms with van der Waals surface area (Å²) < 4.78 is 5.33. The molecule has 2 aliphatic rings. The molecule has 2 saturated heterocycles. The summed E-state index contributed by atoms with van der Waals surface area (Å²) in [5, 5.41) is 9.42. The fourth-order valence-corrected chi connectivity index (χ4v) is 2.64. The molecule has 2 fully saturated rings. The van der Waals surface area contributed by atoms with E-state index in [1.165, 1.54) is 5.57 Å². The van der Waals surface area contributed by atoms with Crippen LogP contribution in [0.25, 0.3) is 0 Å². The Hall–Kier alpha value is -0.380. The van der Waals surface area contributed by atoms with Crippen LogP contribution in [0.1, 0.15) is 12.8 Å². The van der Waals surface area contributed by atoms with Gasteiger partial charge in [-0.1, -0.05) is 12.2 Å². The van der Waals surface area contributed by atoms with Gasteiger partial charge in [0, 0.05) is 20.2 Å². The van der Waals surface area contributed by atoms with Crippen molar-refractivity contribution in [2.75, 3.05) is 26.8 Å². The number of aliphatic hydroxyl groups excluding tert-OH is 1. The van der Waals surface area contributed by atoms with Gasteiger partial charge >= 0.3 is 0 Å². The van der Waals surface area contributed by atoms with Gasteiger partial charge in [0.05, 0.1) is 18.2 Å². The molecule has 0 aromatic heterocycles. The monoisotopic (exact) mass is 183 g/mol. The first-order chi connectivity index (χ1) is 6.20. The molecule has 2 aliphatic heterocycles. The second-order valence-corrected chi connectivity index (χ2v) is 4.25. The average Bonchev–Trinajstić information content (AvgIpc) is 2.57. The lowest BCUT2D eigenvalue weighted by Gasteiger charge is -2.28. The van der Waals surface area contributed by atoms with Crippen molar-refractivity contribution in [1.82, 2.24) is 4.90 Å². The Morgan fingerprint density at radius 2 is 2.54 bits per heavy atom. The topological polar surface area (TPSA) is 32.7 Å². The van der Waals surface area contributed by atoms with E-state index in [1.54, 1.807) is 7.11 Å². The lowest BCUT2D eigenvalue weighted by Crippen LogP contribution is -2.41. The summed E-state index contributed by atoms with van der Waals surface area (Å²) in [5.74, 6) is 0. The number of hydrogen-bond donors (Lipinski definition) is 1. The van der Waals surface area contributed by atoms with Gasteiger partial charge in [0.25, 0.3) is 0 Å². The van der Waals surface area contributed by atoms with Crippen molar-refractivity contribution in [3.05, 3.63) is 12.2 Å². The molecule has 74 valence electrons. The molecule has 3 nitrogen and oxygen atoms in total. The molecular weight excluding hydrogens is 166 g/mol. The van der Waals surface area contributed by atoms with E-state index >= 15 is 0 Å². The molecule has 0 radical (unpaired) electrons. The van der Waals surface area contributed by atoms with Gasteiger partial charge in [0.15, 0.2) is 0 Å². The lowest BCUT2D eigenvalue weighted by atomic mass is 9.93. The minimum atomic E-state index is -0.0439. The summed E-state index contributed by atoms with van der Waals surface area (Å²) in [6.45, 7) is 6.09. The average molecular weight is 183 g/mol. The first-order valence-corrected chi connectivity index (χ1v) is 4.75. The van der Waals surface area contributed by atoms with Crippen LogP contribution in [-0.2, 0) is 4.74 Å². The molecule has 0 saturated carbocycles. The molecule has 0 aromatic rings. The quantitative estimate of drug-likeness (QED) is 0.629. The fraction of sp³-hybridized carbons (Fsp3) is 0.800. The Morgan fingerprint density at radius 3 is 3.08 bits per heavy atom. The molecule has 0 aromatic carbocycles. The van der Waals surface area contributed by atoms with E-state index in [9.17, 15) is 5.11 Å². The molecule has 0 spiro atoms. The molecule has 2 unspecified atom stereocenters. The second kappa shape index (κ2) is 3.08. The minimum Gasteiger partial charge on any atom is -0.394 e. The largest absolute Gasteiger partial charge is 0.394 e. The fourth-order valence-electron chi connectivity index (χ4n) is 2.64. The smallest absolute Gasteiger partial charge is 0.0717 e. The van der Waals surface area contributed by atoms with Crippen molar-refractivity contribution in [3.63, 3.8) is 0 Å². The number of rotatable bonds is 2. The van der Waals surface area contributed by atoms with Crippen LogP contribution in [0.2, 0.25) is 0 Å². The first-order valence-electron chi connectivity index (χ1n) is 4.75. The van der Waals surface area contributed by atoms with Crippen LogP contribution in [0.3, 0.4) is 0 Å². The number of fused-ring (bicyclic) bond motifs is 1. The van der Waals surface area contributed by atoms with Gasteiger partial charge < -0.3 is 9.84 Å². The van der Waals surface area contributed by atoms with Crippen molar-refractivity contribution in [1.29, 1.82) is 0 Å². The third-order valence-corrected chi connectivity index (χ3v) is 3.32. The summed E-state index contributed by atoms with van der Waals surface area (Å²) in [7, 11) is 1.74. The summed E-state index contributed by atoms with van der Waals surface area (Å²) in [4.78, 5) is 2.31. The Balaban J connectivity index is 2.15. The molecule has 0 amide bonds. The van der Waals surface area contributed by atoms with Gasteiger partial charge in [-0.15, -0.1) is 0 Å². The van der Waals surface area contributed by atoms with Gasteiger partial charge in [0.1, 0.15) is 0 Å². The zero-order valence-corrected chi connectivity index (χ0v) is 8.12. The molecule has 2 heterocycles. The Kier molecular flexibility index (Phi) is 2.18. The highest BCUT2D eigenvalue weighted by molar-refractivity contribution is 5.18. The summed E-state index contributed by atoms with van der Waals surface area (Å²) in [6, 6.07) is 0. The van der Waals surface area contributed by atoms with Crippen molar-refractivity contribution in [3.8, 4) is 0 Å². The van der Waals surface area contributed by atoms with Crippen LogP contribution >= 0.6 is 0 Å². The maximum absolute atomic E-state index is 9.42. The van der Waals surface area contributed by atoms with E-state index in [0.29, 0.717) is 6.10 Å². The number of ether oxygens (including phenoxy) is 1. The van der Waals surface area contributed by atoms with Crippen LogP contribution in [0.15, 0.2) is 12.2 Å². The van der Waals surface area contributed by atoms with Crippen molar-refractivity contribution < 1.29 is 9.84 Å². The highest BCUT2D eigenvalue weighted by Crippen LogP contribution is 2.41. The predicted octanol–water partition coefficient (Wildman–Crippen LogP) is 0.398. The van der Waals surface area contributed by atoms with Gasteiger partial charge in [-0.2, -0.15) is 0 Å². The molecule has 2 rings (SSSR count). The minimum absolute atomic E-state index is 0.0439. The van der Waals surface area contributed by atoms with Gasteiger partial charge in [-0.05, 0) is 12.8 Å². The summed E-state index contributed by atoms with van der Waals surface area (Å²) >= 11 is 0. The van der Waals surface area contributed by atoms with Crippen LogP contribution in [-0.4, -0.2) is 48.5 Å². The van der Waals surface area contributed by atoms with Gasteiger partial charge in [-0.3, -0.25) is 4.90 Å². The van der Waals surface area contributed by atoms with Crippen LogP contribution in [0, 0.1) is 0 Å². The molecule has 13 heavy (non-hydrogen) atoms. The zero-order chi connectivity index (χ0) is 9.47. The summed E-state index contributed by atoms with van der Waals surface area (Å²) in [5.41, 5.74) is 1.20. The van der Waals surface area contributed by atoms with Crippen LogP contribution < -0.4 is 0 Å². The van der Waals surface area contributed by atoms with Crippen LogP contribution in [0.4, 0.5) is 0 Å². The van der Waals surface area contributed by atoms with Crippen molar-refractivity contribution in [2.24, 2.45) is 0 Å². The third-order valence-electron chi connectivity index (χ3n) is 3.32. The predicted molar refractivity (Wildman–Crippen MR) is 50.6 cm³/mol. The van der Waals surface area contributed by atoms with Crippen LogP contribution in [0.5, 0.6) is 0 Å². The maximum atomic E-state index is 9.42. The molecule has 0 aliphatic carbocycles. The SMILES string of the molecule is C=C1CN2CC(OC)CC2(CO)C1. The molecule has 1 N–H and O–H groups in total. The molecule has 2 atom stereocenters. The van der Waals surface area contributed by atoms with E-state index in [-0.39, 0.29) is 12.1 Å². The molecular formula is C10H17NO2. The Morgan fingerprint density at radius 1 is 1.77 bits per heavy atom. The Bertz CT molecular complexity index is 229. The van der Waals surface area contributed by atoms with Gasteiger partial charge in [0.2, 0.25) is 0 Å². The first kappa shape index (κ1) is 9.19. The van der Waals surface area contributed by atoms with E-state index in [4.69, 9.17) is 4.74 Å². The van der Waals surface area contributed by atoms with E-state index in [2.05, 4.69) is 11.5 Å². The van der Waals surface area contributed by atoms with Crippen molar-refractivity contribution in [2.45, 2.75) is 24.5 Å². The van der Waals surface area contributed by atoms with Crippen molar-refractivity contribution >= 4 is 0 Å². The van der Waals surface area contributed by atoms with E-state index < -0.39 is 0 Å². The summed E-state index contributed by atoms with van der Waals surface area (Å²) in [6.07, 6.45) is 2.17. The third kappa shape index (κ3) is 1.31. The number of aliphatic hydroxyl groups is 1. The van der Waals surface area contributed by atoms with Gasteiger partial charge in [-0.25, -0.2) is 0 Å². The molecule has 3 heteroatoms.